The van der Waals surface area contributed by atoms with Gasteiger partial charge in [0.2, 0.25) is 5.91 Å². The Labute approximate surface area is 204 Å². The third kappa shape index (κ3) is 4.71. The van der Waals surface area contributed by atoms with E-state index in [4.69, 9.17) is 0 Å². The molecule has 0 bridgehead atoms. The highest BCUT2D eigenvalue weighted by Gasteiger charge is 2.42. The zero-order chi connectivity index (χ0) is 24.7. The first-order chi connectivity index (χ1) is 16.7. The molecule has 1 amide bonds. The van der Waals surface area contributed by atoms with E-state index in [2.05, 4.69) is 27.1 Å². The molecule has 5 rings (SSSR count). The van der Waals surface area contributed by atoms with Crippen LogP contribution in [0.25, 0.3) is 0 Å². The van der Waals surface area contributed by atoms with Gasteiger partial charge >= 0.3 is 6.18 Å². The van der Waals surface area contributed by atoms with Gasteiger partial charge in [0, 0.05) is 49.1 Å². The molecule has 2 saturated heterocycles. The van der Waals surface area contributed by atoms with Crippen LogP contribution in [-0.2, 0) is 11.2 Å². The van der Waals surface area contributed by atoms with E-state index in [9.17, 15) is 18.0 Å². The molecule has 1 aromatic rings. The number of fused-ring (bicyclic) bond motifs is 1. The van der Waals surface area contributed by atoms with Crippen molar-refractivity contribution in [2.24, 2.45) is 11.8 Å². The number of halogens is 3. The quantitative estimate of drug-likeness (QED) is 0.693. The van der Waals surface area contributed by atoms with E-state index in [0.717, 1.165) is 49.3 Å². The van der Waals surface area contributed by atoms with Gasteiger partial charge in [0.05, 0.1) is 5.92 Å². The molecule has 2 aliphatic heterocycles. The number of carbonyl (C=O) groups is 1. The summed E-state index contributed by atoms with van der Waals surface area (Å²) in [6.07, 6.45) is 3.91. The Morgan fingerprint density at radius 3 is 2.51 bits per heavy atom. The molecule has 0 radical (unpaired) electrons. The Morgan fingerprint density at radius 2 is 1.86 bits per heavy atom. The SMILES string of the molecule is CC1CC(C(F)(F)F)=CC=C1[C@H](C(=O)N1CCN(c2ncnc3c2[C@H](C)CC3)CC1)[C@@H]1CCCN1. The van der Waals surface area contributed by atoms with Crippen LogP contribution < -0.4 is 10.2 Å². The molecule has 1 N–H and O–H groups in total. The average Bonchev–Trinajstić information content (AvgIpc) is 3.50. The first-order valence-electron chi connectivity index (χ1n) is 12.8. The monoisotopic (exact) mass is 489 g/mol. The number of piperazine rings is 1. The van der Waals surface area contributed by atoms with Crippen molar-refractivity contribution in [2.75, 3.05) is 37.6 Å². The van der Waals surface area contributed by atoms with Crippen LogP contribution in [0.4, 0.5) is 19.0 Å². The van der Waals surface area contributed by atoms with Gasteiger partial charge in [-0.15, -0.1) is 0 Å². The molecule has 4 atom stereocenters. The Morgan fingerprint density at radius 1 is 1.09 bits per heavy atom. The van der Waals surface area contributed by atoms with E-state index in [1.807, 2.05) is 11.8 Å². The number of carbonyl (C=O) groups excluding carboxylic acids is 1. The van der Waals surface area contributed by atoms with Crippen LogP contribution in [0, 0.1) is 11.8 Å². The van der Waals surface area contributed by atoms with Gasteiger partial charge in [0.25, 0.3) is 0 Å². The van der Waals surface area contributed by atoms with Crippen molar-refractivity contribution in [2.45, 2.75) is 64.1 Å². The van der Waals surface area contributed by atoms with E-state index in [0.29, 0.717) is 32.1 Å². The molecule has 1 aromatic heterocycles. The van der Waals surface area contributed by atoms with Gasteiger partial charge < -0.3 is 15.1 Å². The summed E-state index contributed by atoms with van der Waals surface area (Å²) < 4.78 is 39.8. The molecule has 6 nitrogen and oxygen atoms in total. The summed E-state index contributed by atoms with van der Waals surface area (Å²) in [6.45, 7) is 7.43. The molecule has 2 fully saturated rings. The molecule has 0 aromatic carbocycles. The highest BCUT2D eigenvalue weighted by atomic mass is 19.4. The largest absolute Gasteiger partial charge is 0.412 e. The van der Waals surface area contributed by atoms with E-state index in [-0.39, 0.29) is 24.3 Å². The number of nitrogens with zero attached hydrogens (tertiary/aromatic N) is 4. The topological polar surface area (TPSA) is 61.4 Å². The van der Waals surface area contributed by atoms with Gasteiger partial charge in [-0.25, -0.2) is 9.97 Å². The van der Waals surface area contributed by atoms with Crippen LogP contribution in [0.1, 0.15) is 56.7 Å². The lowest BCUT2D eigenvalue weighted by molar-refractivity contribution is -0.135. The summed E-state index contributed by atoms with van der Waals surface area (Å²) in [6, 6.07) is -0.0268. The second-order valence-corrected chi connectivity index (χ2v) is 10.5. The molecule has 4 aliphatic rings. The third-order valence-corrected chi connectivity index (χ3v) is 8.21. The molecular formula is C26H34F3N5O. The first kappa shape index (κ1) is 24.3. The molecule has 2 aliphatic carbocycles. The minimum Gasteiger partial charge on any atom is -0.353 e. The first-order valence-corrected chi connectivity index (χ1v) is 12.8. The second kappa shape index (κ2) is 9.56. The van der Waals surface area contributed by atoms with Crippen molar-refractivity contribution in [1.29, 1.82) is 0 Å². The number of aryl methyl sites for hydroxylation is 1. The van der Waals surface area contributed by atoms with Gasteiger partial charge in [0.1, 0.15) is 12.1 Å². The summed E-state index contributed by atoms with van der Waals surface area (Å²) in [5.74, 6) is 0.725. The molecule has 190 valence electrons. The summed E-state index contributed by atoms with van der Waals surface area (Å²) in [4.78, 5) is 27.1. The maximum atomic E-state index is 13.8. The minimum absolute atomic E-state index is 0.0268. The second-order valence-electron chi connectivity index (χ2n) is 10.5. The fourth-order valence-electron chi connectivity index (χ4n) is 6.25. The number of anilines is 1. The van der Waals surface area contributed by atoms with Crippen molar-refractivity contribution in [1.82, 2.24) is 20.2 Å². The number of aromatic nitrogens is 2. The number of allylic oxidation sites excluding steroid dienone is 3. The molecule has 1 unspecified atom stereocenters. The third-order valence-electron chi connectivity index (χ3n) is 8.21. The molecular weight excluding hydrogens is 455 g/mol. The Balaban J connectivity index is 1.33. The average molecular weight is 490 g/mol. The number of nitrogens with one attached hydrogen (secondary N) is 1. The molecule has 0 spiro atoms. The maximum absolute atomic E-state index is 13.8. The lowest BCUT2D eigenvalue weighted by atomic mass is 9.77. The van der Waals surface area contributed by atoms with Crippen LogP contribution in [0.3, 0.4) is 0 Å². The van der Waals surface area contributed by atoms with Crippen molar-refractivity contribution in [3.63, 3.8) is 0 Å². The van der Waals surface area contributed by atoms with Crippen LogP contribution >= 0.6 is 0 Å². The highest BCUT2D eigenvalue weighted by Crippen LogP contribution is 2.41. The van der Waals surface area contributed by atoms with Gasteiger partial charge in [-0.3, -0.25) is 4.79 Å². The van der Waals surface area contributed by atoms with Crippen LogP contribution in [-0.4, -0.2) is 65.7 Å². The molecule has 0 saturated carbocycles. The molecule has 3 heterocycles. The summed E-state index contributed by atoms with van der Waals surface area (Å²) in [5.41, 5.74) is 2.69. The number of amides is 1. The maximum Gasteiger partial charge on any atom is 0.412 e. The lowest BCUT2D eigenvalue weighted by Crippen LogP contribution is -2.53. The number of hydrogen-bond acceptors (Lipinski definition) is 5. The fraction of sp³-hybridized carbons (Fsp3) is 0.654. The summed E-state index contributed by atoms with van der Waals surface area (Å²) >= 11 is 0. The van der Waals surface area contributed by atoms with Crippen molar-refractivity contribution in [3.8, 4) is 0 Å². The predicted molar refractivity (Wildman–Crippen MR) is 128 cm³/mol. The zero-order valence-corrected chi connectivity index (χ0v) is 20.4. The van der Waals surface area contributed by atoms with Crippen LogP contribution in [0.15, 0.2) is 29.6 Å². The van der Waals surface area contributed by atoms with Gasteiger partial charge in [0.15, 0.2) is 0 Å². The number of hydrogen-bond donors (Lipinski definition) is 1. The predicted octanol–water partition coefficient (Wildman–Crippen LogP) is 4.00. The molecule has 9 heteroatoms. The van der Waals surface area contributed by atoms with E-state index < -0.39 is 17.7 Å². The minimum atomic E-state index is -4.32. The van der Waals surface area contributed by atoms with Crippen LogP contribution in [0.5, 0.6) is 0 Å². The standard InChI is InChI=1S/C26H34F3N5O/c1-16-5-8-21-22(16)24(32-15-31-21)33-10-12-34(13-11-33)25(35)23(20-4-3-9-30-20)19-7-6-18(14-17(19)2)26(27,28)29/h6-7,15-17,20,23,30H,3-5,8-14H2,1-2H3/t16-,17?,20+,23+/m1/s1. The van der Waals surface area contributed by atoms with Crippen molar-refractivity contribution >= 4 is 11.7 Å². The summed E-state index contributed by atoms with van der Waals surface area (Å²) in [5, 5.41) is 3.45. The Kier molecular flexibility index (Phi) is 6.63. The Bertz CT molecular complexity index is 1020. The fourth-order valence-corrected chi connectivity index (χ4v) is 6.25. The smallest absolute Gasteiger partial charge is 0.353 e. The van der Waals surface area contributed by atoms with E-state index in [1.165, 1.54) is 11.6 Å². The van der Waals surface area contributed by atoms with Crippen molar-refractivity contribution < 1.29 is 18.0 Å². The van der Waals surface area contributed by atoms with E-state index in [1.54, 1.807) is 12.4 Å². The number of alkyl halides is 3. The highest BCUT2D eigenvalue weighted by molar-refractivity contribution is 5.83. The summed E-state index contributed by atoms with van der Waals surface area (Å²) in [7, 11) is 0. The number of rotatable bonds is 4. The lowest BCUT2D eigenvalue weighted by Gasteiger charge is -2.40. The van der Waals surface area contributed by atoms with Crippen LogP contribution in [0.2, 0.25) is 0 Å². The van der Waals surface area contributed by atoms with E-state index >= 15 is 0 Å². The van der Waals surface area contributed by atoms with Gasteiger partial charge in [-0.2, -0.15) is 13.2 Å². The van der Waals surface area contributed by atoms with Crippen molar-refractivity contribution in [3.05, 3.63) is 40.9 Å². The van der Waals surface area contributed by atoms with Gasteiger partial charge in [-0.05, 0) is 50.5 Å². The zero-order valence-electron chi connectivity index (χ0n) is 20.4. The van der Waals surface area contributed by atoms with Gasteiger partial charge in [-0.1, -0.05) is 31.6 Å². The normalized spacial score (nSPS) is 28.0. The Hall–Kier alpha value is -2.42. The molecule has 35 heavy (non-hydrogen) atoms.